The molecule has 1 amide bonds. The van der Waals surface area contributed by atoms with E-state index in [2.05, 4.69) is 10.3 Å². The first-order valence-corrected chi connectivity index (χ1v) is 8.56. The second-order valence-electron chi connectivity index (χ2n) is 6.20. The summed E-state index contributed by atoms with van der Waals surface area (Å²) in [6.45, 7) is 1.91. The predicted octanol–water partition coefficient (Wildman–Crippen LogP) is 5.06. The number of methoxy groups -OCH3 is 1. The monoisotopic (exact) mass is 358 g/mol. The zero-order chi connectivity index (χ0) is 18.8. The second kappa shape index (κ2) is 6.96. The fraction of sp³-hybridized carbons (Fsp3) is 0.0909. The summed E-state index contributed by atoms with van der Waals surface area (Å²) in [7, 11) is 1.63. The molecule has 0 saturated carbocycles. The number of nitrogens with zero attached hydrogens (tertiary/aromatic N) is 1. The summed E-state index contributed by atoms with van der Waals surface area (Å²) in [5, 5.41) is 2.91. The van der Waals surface area contributed by atoms with Gasteiger partial charge in [0.05, 0.1) is 7.11 Å². The molecule has 5 nitrogen and oxygen atoms in total. The van der Waals surface area contributed by atoms with Crippen LogP contribution in [0.3, 0.4) is 0 Å². The van der Waals surface area contributed by atoms with Gasteiger partial charge in [-0.1, -0.05) is 18.2 Å². The van der Waals surface area contributed by atoms with Crippen LogP contribution in [-0.2, 0) is 0 Å². The van der Waals surface area contributed by atoms with Crippen LogP contribution in [-0.4, -0.2) is 18.0 Å². The number of carbonyl (C=O) groups excluding carboxylic acids is 1. The molecule has 134 valence electrons. The number of rotatable bonds is 4. The first-order valence-electron chi connectivity index (χ1n) is 8.56. The molecule has 5 heteroatoms. The van der Waals surface area contributed by atoms with Crippen molar-refractivity contribution < 1.29 is 13.9 Å². The van der Waals surface area contributed by atoms with E-state index in [4.69, 9.17) is 9.15 Å². The van der Waals surface area contributed by atoms with Crippen LogP contribution in [0.25, 0.3) is 22.6 Å². The number of ether oxygens (including phenoxy) is 1. The summed E-state index contributed by atoms with van der Waals surface area (Å²) >= 11 is 0. The number of hydrogen-bond donors (Lipinski definition) is 1. The smallest absolute Gasteiger partial charge is 0.255 e. The maximum Gasteiger partial charge on any atom is 0.255 e. The van der Waals surface area contributed by atoms with E-state index in [1.54, 1.807) is 19.2 Å². The highest BCUT2D eigenvalue weighted by atomic mass is 16.5. The molecule has 0 spiro atoms. The van der Waals surface area contributed by atoms with Gasteiger partial charge in [0, 0.05) is 22.9 Å². The molecular formula is C22H18N2O3. The Morgan fingerprint density at radius 2 is 1.81 bits per heavy atom. The fourth-order valence-electron chi connectivity index (χ4n) is 2.89. The van der Waals surface area contributed by atoms with E-state index in [-0.39, 0.29) is 5.91 Å². The van der Waals surface area contributed by atoms with Gasteiger partial charge in [0.25, 0.3) is 5.91 Å². The Morgan fingerprint density at radius 1 is 1.04 bits per heavy atom. The number of amides is 1. The van der Waals surface area contributed by atoms with Gasteiger partial charge in [-0.25, -0.2) is 4.98 Å². The minimum atomic E-state index is -0.151. The SMILES string of the molecule is COc1ccc(-c2nc3ccc(NC(=O)c4ccccc4C)cc3o2)cc1. The lowest BCUT2D eigenvalue weighted by atomic mass is 10.1. The molecule has 27 heavy (non-hydrogen) atoms. The molecule has 0 saturated heterocycles. The quantitative estimate of drug-likeness (QED) is 0.553. The van der Waals surface area contributed by atoms with Crippen LogP contribution in [0.15, 0.2) is 71.1 Å². The van der Waals surface area contributed by atoms with Crippen molar-refractivity contribution in [2.75, 3.05) is 12.4 Å². The van der Waals surface area contributed by atoms with Crippen molar-refractivity contribution in [3.63, 3.8) is 0 Å². The van der Waals surface area contributed by atoms with Crippen molar-refractivity contribution in [3.05, 3.63) is 77.9 Å². The van der Waals surface area contributed by atoms with E-state index < -0.39 is 0 Å². The summed E-state index contributed by atoms with van der Waals surface area (Å²) in [6.07, 6.45) is 0. The number of aryl methyl sites for hydroxylation is 1. The number of hydrogen-bond acceptors (Lipinski definition) is 4. The van der Waals surface area contributed by atoms with Gasteiger partial charge in [0.2, 0.25) is 5.89 Å². The maximum absolute atomic E-state index is 12.5. The topological polar surface area (TPSA) is 64.4 Å². The van der Waals surface area contributed by atoms with Crippen LogP contribution < -0.4 is 10.1 Å². The average Bonchev–Trinajstić information content (AvgIpc) is 3.11. The van der Waals surface area contributed by atoms with E-state index in [1.165, 1.54) is 0 Å². The van der Waals surface area contributed by atoms with Gasteiger partial charge in [0.1, 0.15) is 11.3 Å². The van der Waals surface area contributed by atoms with Crippen LogP contribution in [0.2, 0.25) is 0 Å². The zero-order valence-corrected chi connectivity index (χ0v) is 15.0. The third kappa shape index (κ3) is 3.40. The molecule has 0 fully saturated rings. The normalized spacial score (nSPS) is 10.7. The number of nitrogens with one attached hydrogen (secondary N) is 1. The maximum atomic E-state index is 12.5. The van der Waals surface area contributed by atoms with Crippen LogP contribution in [0.1, 0.15) is 15.9 Å². The zero-order valence-electron chi connectivity index (χ0n) is 15.0. The molecule has 0 unspecified atom stereocenters. The third-order valence-corrected chi connectivity index (χ3v) is 4.37. The van der Waals surface area contributed by atoms with Crippen LogP contribution in [0.4, 0.5) is 5.69 Å². The van der Waals surface area contributed by atoms with Crippen molar-refractivity contribution in [3.8, 4) is 17.2 Å². The highest BCUT2D eigenvalue weighted by Gasteiger charge is 2.12. The number of benzene rings is 3. The molecule has 4 aromatic rings. The first-order chi connectivity index (χ1) is 13.1. The Morgan fingerprint density at radius 3 is 2.56 bits per heavy atom. The summed E-state index contributed by atoms with van der Waals surface area (Å²) in [5.74, 6) is 1.15. The molecular weight excluding hydrogens is 340 g/mol. The van der Waals surface area contributed by atoms with Gasteiger partial charge in [-0.2, -0.15) is 0 Å². The van der Waals surface area contributed by atoms with E-state index in [0.717, 1.165) is 22.4 Å². The largest absolute Gasteiger partial charge is 0.497 e. The Bertz CT molecular complexity index is 1110. The lowest BCUT2D eigenvalue weighted by molar-refractivity contribution is 0.102. The Hall–Kier alpha value is -3.60. The Labute approximate surface area is 156 Å². The Balaban J connectivity index is 1.60. The van der Waals surface area contributed by atoms with Gasteiger partial charge in [-0.15, -0.1) is 0 Å². The lowest BCUT2D eigenvalue weighted by Gasteiger charge is -2.07. The van der Waals surface area contributed by atoms with Crippen molar-refractivity contribution in [1.82, 2.24) is 4.98 Å². The van der Waals surface area contributed by atoms with Crippen LogP contribution in [0.5, 0.6) is 5.75 Å². The van der Waals surface area contributed by atoms with Gasteiger partial charge >= 0.3 is 0 Å². The predicted molar refractivity (Wildman–Crippen MR) is 105 cm³/mol. The Kier molecular flexibility index (Phi) is 4.34. The number of carbonyl (C=O) groups is 1. The second-order valence-corrected chi connectivity index (χ2v) is 6.20. The molecule has 0 aliphatic heterocycles. The van der Waals surface area contributed by atoms with Crippen molar-refractivity contribution in [1.29, 1.82) is 0 Å². The molecule has 1 N–H and O–H groups in total. The minimum Gasteiger partial charge on any atom is -0.497 e. The van der Waals surface area contributed by atoms with Crippen molar-refractivity contribution >= 4 is 22.7 Å². The van der Waals surface area contributed by atoms with E-state index >= 15 is 0 Å². The standard InChI is InChI=1S/C22H18N2O3/c1-14-5-3-4-6-18(14)21(25)23-16-9-12-19-20(13-16)27-22(24-19)15-7-10-17(26-2)11-8-15/h3-13H,1-2H3,(H,23,25). The average molecular weight is 358 g/mol. The lowest BCUT2D eigenvalue weighted by Crippen LogP contribution is -2.13. The highest BCUT2D eigenvalue weighted by Crippen LogP contribution is 2.27. The van der Waals surface area contributed by atoms with Crippen LogP contribution in [0, 0.1) is 6.92 Å². The molecule has 0 aliphatic carbocycles. The minimum absolute atomic E-state index is 0.151. The molecule has 4 rings (SSSR count). The molecule has 3 aromatic carbocycles. The summed E-state index contributed by atoms with van der Waals surface area (Å²) in [5.41, 5.74) is 4.44. The highest BCUT2D eigenvalue weighted by molar-refractivity contribution is 6.05. The van der Waals surface area contributed by atoms with Gasteiger partial charge in [-0.3, -0.25) is 4.79 Å². The molecule has 0 aliphatic rings. The third-order valence-electron chi connectivity index (χ3n) is 4.37. The summed E-state index contributed by atoms with van der Waals surface area (Å²) in [6, 6.07) is 20.4. The molecule has 1 aromatic heterocycles. The van der Waals surface area contributed by atoms with Crippen molar-refractivity contribution in [2.45, 2.75) is 6.92 Å². The summed E-state index contributed by atoms with van der Waals surface area (Å²) < 4.78 is 11.0. The summed E-state index contributed by atoms with van der Waals surface area (Å²) in [4.78, 5) is 17.0. The number of anilines is 1. The number of oxazole rings is 1. The molecule has 0 radical (unpaired) electrons. The first kappa shape index (κ1) is 16.8. The van der Waals surface area contributed by atoms with Gasteiger partial charge in [-0.05, 0) is 55.0 Å². The fourth-order valence-corrected chi connectivity index (χ4v) is 2.89. The number of fused-ring (bicyclic) bond motifs is 1. The molecule has 0 bridgehead atoms. The number of aromatic nitrogens is 1. The van der Waals surface area contributed by atoms with E-state index in [9.17, 15) is 4.79 Å². The van der Waals surface area contributed by atoms with Crippen LogP contribution >= 0.6 is 0 Å². The van der Waals surface area contributed by atoms with Crippen molar-refractivity contribution in [2.24, 2.45) is 0 Å². The molecule has 0 atom stereocenters. The van der Waals surface area contributed by atoms with Gasteiger partial charge < -0.3 is 14.5 Å². The van der Waals surface area contributed by atoms with E-state index in [1.807, 2.05) is 61.5 Å². The van der Waals surface area contributed by atoms with Gasteiger partial charge in [0.15, 0.2) is 5.58 Å². The molecule has 1 heterocycles. The van der Waals surface area contributed by atoms with E-state index in [0.29, 0.717) is 22.7 Å².